The van der Waals surface area contributed by atoms with Crippen molar-refractivity contribution in [2.24, 2.45) is 4.99 Å². The number of ether oxygens (including phenoxy) is 1. The lowest BCUT2D eigenvalue weighted by atomic mass is 10.2. The molecule has 0 saturated carbocycles. The Morgan fingerprint density at radius 3 is 2.47 bits per heavy atom. The Morgan fingerprint density at radius 1 is 1.17 bits per heavy atom. The second-order valence-electron chi connectivity index (χ2n) is 7.86. The van der Waals surface area contributed by atoms with Gasteiger partial charge in [0.05, 0.1) is 17.7 Å². The smallest absolute Gasteiger partial charge is 0.266 e. The number of hydrogen-bond donors (Lipinski definition) is 0. The van der Waals surface area contributed by atoms with Crippen LogP contribution in [0.1, 0.15) is 44.6 Å². The summed E-state index contributed by atoms with van der Waals surface area (Å²) in [4.78, 5) is 20.2. The predicted octanol–water partition coefficient (Wildman–Crippen LogP) is 5.85. The number of halogens is 1. The van der Waals surface area contributed by atoms with Crippen molar-refractivity contribution in [1.82, 2.24) is 9.47 Å². The number of carbonyl (C=O) groups excluding carboxylic acids is 1. The number of carbonyl (C=O) groups is 1. The minimum Gasteiger partial charge on any atom is -0.495 e. The molecule has 1 aromatic carbocycles. The zero-order valence-electron chi connectivity index (χ0n) is 18.5. The van der Waals surface area contributed by atoms with Gasteiger partial charge in [0.1, 0.15) is 5.75 Å². The Bertz CT molecular complexity index is 1040. The predicted molar refractivity (Wildman–Crippen MR) is 127 cm³/mol. The summed E-state index contributed by atoms with van der Waals surface area (Å²) in [5, 5.41) is 1.41. The fraction of sp³-hybridized carbons (Fsp3) is 0.391. The average molecular weight is 446 g/mol. The van der Waals surface area contributed by atoms with Crippen LogP contribution in [0.2, 0.25) is 5.02 Å². The Morgan fingerprint density at radius 2 is 1.87 bits per heavy atom. The van der Waals surface area contributed by atoms with E-state index in [4.69, 9.17) is 16.3 Å². The molecule has 5 nitrogen and oxygen atoms in total. The van der Waals surface area contributed by atoms with Gasteiger partial charge in [-0.1, -0.05) is 11.6 Å². The van der Waals surface area contributed by atoms with Gasteiger partial charge in [-0.15, -0.1) is 0 Å². The van der Waals surface area contributed by atoms with Crippen molar-refractivity contribution in [3.05, 3.63) is 51.1 Å². The zero-order chi connectivity index (χ0) is 22.2. The first-order valence-electron chi connectivity index (χ1n) is 9.97. The molecule has 0 N–H and O–H groups in total. The van der Waals surface area contributed by atoms with Crippen LogP contribution >= 0.6 is 23.4 Å². The molecule has 0 unspecified atom stereocenters. The highest BCUT2D eigenvalue weighted by molar-refractivity contribution is 8.18. The SMILES string of the molecule is COc1ccc(Cl)cc1-n1c(C)cc(/C=C2/SC(=NC(C)C)N(C(C)C)C2=O)c1C. The fourth-order valence-corrected chi connectivity index (χ4v) is 4.93. The van der Waals surface area contributed by atoms with Crippen molar-refractivity contribution >= 4 is 40.5 Å². The summed E-state index contributed by atoms with van der Waals surface area (Å²) < 4.78 is 7.64. The number of amidine groups is 1. The largest absolute Gasteiger partial charge is 0.495 e. The van der Waals surface area contributed by atoms with Crippen LogP contribution in [0.15, 0.2) is 34.2 Å². The maximum atomic E-state index is 13.1. The number of methoxy groups -OCH3 is 1. The number of nitrogens with zero attached hydrogens (tertiary/aromatic N) is 3. The molecule has 30 heavy (non-hydrogen) atoms. The number of aromatic nitrogens is 1. The standard InChI is InChI=1S/C23H28ClN3O2S/c1-13(2)25-23-26(14(3)4)22(28)21(30-23)11-17-10-15(5)27(16(17)6)19-12-18(24)8-9-20(19)29-7/h8-14H,1-7H3/b21-11+,25-23?. The minimum atomic E-state index is -0.000427. The highest BCUT2D eigenvalue weighted by Gasteiger charge is 2.35. The molecule has 0 bridgehead atoms. The van der Waals surface area contributed by atoms with Gasteiger partial charge < -0.3 is 9.30 Å². The summed E-state index contributed by atoms with van der Waals surface area (Å²) >= 11 is 7.69. The molecule has 1 saturated heterocycles. The highest BCUT2D eigenvalue weighted by atomic mass is 35.5. The first-order valence-corrected chi connectivity index (χ1v) is 11.2. The van der Waals surface area contributed by atoms with E-state index >= 15 is 0 Å². The first kappa shape index (κ1) is 22.5. The van der Waals surface area contributed by atoms with Crippen molar-refractivity contribution in [2.75, 3.05) is 7.11 Å². The number of aliphatic imine (C=N–C) groups is 1. The van der Waals surface area contributed by atoms with Crippen molar-refractivity contribution in [3.63, 3.8) is 0 Å². The van der Waals surface area contributed by atoms with Crippen molar-refractivity contribution in [1.29, 1.82) is 0 Å². The third-order valence-electron chi connectivity index (χ3n) is 4.86. The lowest BCUT2D eigenvalue weighted by molar-refractivity contribution is -0.123. The number of aryl methyl sites for hydroxylation is 1. The van der Waals surface area contributed by atoms with E-state index in [1.807, 2.05) is 65.8 Å². The van der Waals surface area contributed by atoms with E-state index in [1.54, 1.807) is 12.0 Å². The second-order valence-corrected chi connectivity index (χ2v) is 9.31. The van der Waals surface area contributed by atoms with Crippen LogP contribution in [-0.4, -0.2) is 39.7 Å². The molecule has 160 valence electrons. The van der Waals surface area contributed by atoms with Crippen LogP contribution in [0.4, 0.5) is 0 Å². The van der Waals surface area contributed by atoms with E-state index in [0.29, 0.717) is 9.93 Å². The highest BCUT2D eigenvalue weighted by Crippen LogP contribution is 2.36. The monoisotopic (exact) mass is 445 g/mol. The van der Waals surface area contributed by atoms with E-state index in [9.17, 15) is 4.79 Å². The molecule has 0 atom stereocenters. The molecule has 1 aliphatic rings. The Labute approximate surface area is 187 Å². The summed E-state index contributed by atoms with van der Waals surface area (Å²) in [6.45, 7) is 12.1. The summed E-state index contributed by atoms with van der Waals surface area (Å²) in [6, 6.07) is 7.82. The first-order chi connectivity index (χ1) is 14.1. The third-order valence-corrected chi connectivity index (χ3v) is 6.09. The number of amides is 1. The van der Waals surface area contributed by atoms with Gasteiger partial charge in [0.2, 0.25) is 0 Å². The van der Waals surface area contributed by atoms with E-state index < -0.39 is 0 Å². The van der Waals surface area contributed by atoms with Crippen molar-refractivity contribution < 1.29 is 9.53 Å². The normalized spacial score (nSPS) is 17.3. The van der Waals surface area contributed by atoms with Crippen LogP contribution in [-0.2, 0) is 4.79 Å². The summed E-state index contributed by atoms with van der Waals surface area (Å²) in [7, 11) is 1.65. The van der Waals surface area contributed by atoms with Crippen LogP contribution < -0.4 is 4.74 Å². The number of hydrogen-bond acceptors (Lipinski definition) is 4. The zero-order valence-corrected chi connectivity index (χ0v) is 20.1. The molecule has 0 radical (unpaired) electrons. The quantitative estimate of drug-likeness (QED) is 0.542. The molecule has 1 aromatic heterocycles. The fourth-order valence-electron chi connectivity index (χ4n) is 3.54. The Hall–Kier alpha value is -2.18. The van der Waals surface area contributed by atoms with Crippen molar-refractivity contribution in [3.8, 4) is 11.4 Å². The van der Waals surface area contributed by atoms with Gasteiger partial charge in [-0.2, -0.15) is 0 Å². The summed E-state index contributed by atoms with van der Waals surface area (Å²) in [6.07, 6.45) is 1.96. The van der Waals surface area contributed by atoms with Gasteiger partial charge in [-0.25, -0.2) is 0 Å². The molecular weight excluding hydrogens is 418 g/mol. The van der Waals surface area contributed by atoms with Crippen molar-refractivity contribution in [2.45, 2.75) is 53.6 Å². The number of rotatable bonds is 5. The van der Waals surface area contributed by atoms with E-state index in [2.05, 4.69) is 15.6 Å². The molecule has 7 heteroatoms. The lowest BCUT2D eigenvalue weighted by Crippen LogP contribution is -2.35. The van der Waals surface area contributed by atoms with Gasteiger partial charge in [0, 0.05) is 28.5 Å². The number of thioether (sulfide) groups is 1. The molecule has 0 spiro atoms. The van der Waals surface area contributed by atoms with Gasteiger partial charge in [0.25, 0.3) is 5.91 Å². The molecular formula is C23H28ClN3O2S. The molecule has 1 fully saturated rings. The van der Waals surface area contributed by atoms with Crippen LogP contribution in [0.5, 0.6) is 5.75 Å². The van der Waals surface area contributed by atoms with Crippen LogP contribution in [0.25, 0.3) is 11.8 Å². The molecule has 2 heterocycles. The molecule has 1 amide bonds. The Kier molecular flexibility index (Phi) is 6.68. The van der Waals surface area contributed by atoms with Gasteiger partial charge >= 0.3 is 0 Å². The molecule has 1 aliphatic heterocycles. The van der Waals surface area contributed by atoms with Gasteiger partial charge in [0.15, 0.2) is 5.17 Å². The third kappa shape index (κ3) is 4.30. The maximum Gasteiger partial charge on any atom is 0.266 e. The molecule has 3 rings (SSSR count). The van der Waals surface area contributed by atoms with E-state index in [-0.39, 0.29) is 18.0 Å². The topological polar surface area (TPSA) is 46.8 Å². The van der Waals surface area contributed by atoms with E-state index in [0.717, 1.165) is 33.6 Å². The Balaban J connectivity index is 2.07. The van der Waals surface area contributed by atoms with Gasteiger partial charge in [-0.3, -0.25) is 14.7 Å². The second kappa shape index (κ2) is 8.90. The van der Waals surface area contributed by atoms with Gasteiger partial charge in [-0.05, 0) is 89.2 Å². The maximum absolute atomic E-state index is 13.1. The summed E-state index contributed by atoms with van der Waals surface area (Å²) in [5.41, 5.74) is 3.91. The molecule has 0 aliphatic carbocycles. The van der Waals surface area contributed by atoms with E-state index in [1.165, 1.54) is 11.8 Å². The summed E-state index contributed by atoms with van der Waals surface area (Å²) in [5.74, 6) is 0.739. The minimum absolute atomic E-state index is 0.000427. The molecule has 2 aromatic rings. The van der Waals surface area contributed by atoms with Crippen LogP contribution in [0, 0.1) is 13.8 Å². The van der Waals surface area contributed by atoms with Crippen LogP contribution in [0.3, 0.4) is 0 Å². The number of benzene rings is 1. The average Bonchev–Trinajstić information content (AvgIpc) is 3.10. The lowest BCUT2D eigenvalue weighted by Gasteiger charge is -2.20.